The molecular formula is C17H18N2O5. The van der Waals surface area contributed by atoms with Crippen molar-refractivity contribution in [3.05, 3.63) is 29.3 Å². The number of nitrogens with zero attached hydrogens (tertiary/aromatic N) is 2. The average Bonchev–Trinajstić information content (AvgIpc) is 3.12. The summed E-state index contributed by atoms with van der Waals surface area (Å²) in [5, 5.41) is 0. The Hall–Kier alpha value is -2.70. The van der Waals surface area contributed by atoms with E-state index >= 15 is 0 Å². The Labute approximate surface area is 139 Å². The van der Waals surface area contributed by atoms with E-state index in [-0.39, 0.29) is 12.3 Å². The van der Waals surface area contributed by atoms with Gasteiger partial charge in [0.25, 0.3) is 0 Å². The maximum atomic E-state index is 12.4. The predicted molar refractivity (Wildman–Crippen MR) is 83.7 cm³/mol. The van der Waals surface area contributed by atoms with Crippen LogP contribution >= 0.6 is 0 Å². The summed E-state index contributed by atoms with van der Waals surface area (Å²) >= 11 is 0. The van der Waals surface area contributed by atoms with Crippen molar-refractivity contribution in [2.24, 2.45) is 0 Å². The first-order valence-electron chi connectivity index (χ1n) is 7.99. The summed E-state index contributed by atoms with van der Waals surface area (Å²) in [6.45, 7) is 2.27. The number of ketones is 1. The van der Waals surface area contributed by atoms with Crippen LogP contribution in [0.15, 0.2) is 18.2 Å². The number of unbranched alkanes of at least 4 members (excludes halogenated alkanes) is 1. The number of urea groups is 1. The van der Waals surface area contributed by atoms with Crippen LogP contribution in [0.1, 0.15) is 35.7 Å². The highest BCUT2D eigenvalue weighted by Gasteiger charge is 2.44. The van der Waals surface area contributed by atoms with Gasteiger partial charge in [0.2, 0.25) is 0 Å². The normalized spacial score (nSPS) is 16.6. The van der Waals surface area contributed by atoms with E-state index in [9.17, 15) is 19.2 Å². The molecule has 0 aliphatic carbocycles. The fourth-order valence-electron chi connectivity index (χ4n) is 2.80. The Morgan fingerprint density at radius 2 is 1.92 bits per heavy atom. The van der Waals surface area contributed by atoms with E-state index < -0.39 is 24.4 Å². The van der Waals surface area contributed by atoms with Crippen LogP contribution in [0.25, 0.3) is 0 Å². The quantitative estimate of drug-likeness (QED) is 0.447. The number of hydrogen-bond donors (Lipinski definition) is 0. The molecule has 1 aromatic carbocycles. The number of carbonyl (C=O) groups excluding carboxylic acids is 4. The summed E-state index contributed by atoms with van der Waals surface area (Å²) < 4.78 is 5.39. The third-order valence-corrected chi connectivity index (χ3v) is 4.18. The first kappa shape index (κ1) is 16.2. The zero-order chi connectivity index (χ0) is 17.3. The molecule has 1 saturated heterocycles. The van der Waals surface area contributed by atoms with Gasteiger partial charge in [0.1, 0.15) is 5.75 Å². The molecule has 1 fully saturated rings. The molecule has 126 valence electrons. The first-order chi connectivity index (χ1) is 11.5. The third-order valence-electron chi connectivity index (χ3n) is 4.18. The summed E-state index contributed by atoms with van der Waals surface area (Å²) in [7, 11) is 0. The molecule has 2 heterocycles. The van der Waals surface area contributed by atoms with E-state index in [1.807, 2.05) is 6.92 Å². The molecule has 0 spiro atoms. The van der Waals surface area contributed by atoms with Crippen LogP contribution in [0.2, 0.25) is 0 Å². The lowest BCUT2D eigenvalue weighted by Crippen LogP contribution is -2.37. The average molecular weight is 330 g/mol. The van der Waals surface area contributed by atoms with Crippen LogP contribution in [0, 0.1) is 0 Å². The number of benzene rings is 1. The molecule has 3 rings (SSSR count). The van der Waals surface area contributed by atoms with Gasteiger partial charge in [0, 0.05) is 18.5 Å². The number of hydrogen-bond acceptors (Lipinski definition) is 5. The minimum Gasteiger partial charge on any atom is -0.493 e. The number of carbonyl (C=O) groups is 4. The molecule has 0 unspecified atom stereocenters. The molecule has 0 N–H and O–H groups in total. The molecular weight excluding hydrogens is 312 g/mol. The summed E-state index contributed by atoms with van der Waals surface area (Å²) in [6, 6.07) is 4.32. The molecule has 7 heteroatoms. The minimum absolute atomic E-state index is 0.195. The molecule has 2 aliphatic heterocycles. The fourth-order valence-corrected chi connectivity index (χ4v) is 2.80. The highest BCUT2D eigenvalue weighted by atomic mass is 16.5. The Bertz CT molecular complexity index is 728. The molecule has 1 aromatic rings. The molecule has 0 aromatic heterocycles. The van der Waals surface area contributed by atoms with Crippen molar-refractivity contribution >= 4 is 23.6 Å². The Morgan fingerprint density at radius 3 is 2.67 bits per heavy atom. The van der Waals surface area contributed by atoms with Gasteiger partial charge < -0.3 is 4.74 Å². The van der Waals surface area contributed by atoms with Crippen molar-refractivity contribution in [2.45, 2.75) is 26.2 Å². The zero-order valence-corrected chi connectivity index (χ0v) is 13.4. The lowest BCUT2D eigenvalue weighted by atomic mass is 10.1. The van der Waals surface area contributed by atoms with Crippen molar-refractivity contribution in [3.63, 3.8) is 0 Å². The Morgan fingerprint density at radius 1 is 1.17 bits per heavy atom. The summed E-state index contributed by atoms with van der Waals surface area (Å²) in [6.07, 6.45) is 2.14. The number of rotatable bonds is 6. The molecule has 0 bridgehead atoms. The maximum Gasteiger partial charge on any atom is 0.334 e. The van der Waals surface area contributed by atoms with Gasteiger partial charge in [-0.15, -0.1) is 0 Å². The molecule has 0 atom stereocenters. The van der Waals surface area contributed by atoms with Gasteiger partial charge in [0.15, 0.2) is 5.78 Å². The molecule has 2 aliphatic rings. The van der Waals surface area contributed by atoms with Crippen LogP contribution in [-0.2, 0) is 16.0 Å². The number of fused-ring (bicyclic) bond motifs is 1. The lowest BCUT2D eigenvalue weighted by molar-refractivity contribution is -0.143. The van der Waals surface area contributed by atoms with Crippen LogP contribution in [0.3, 0.4) is 0 Å². The molecule has 7 nitrogen and oxygen atoms in total. The second-order valence-corrected chi connectivity index (χ2v) is 5.83. The Kier molecular flexibility index (Phi) is 4.33. The largest absolute Gasteiger partial charge is 0.493 e. The summed E-state index contributed by atoms with van der Waals surface area (Å²) in [5.74, 6) is -1.42. The standard InChI is InChI=1S/C17H18N2O5/c1-2-3-7-18-15(21)16(22)19(17(18)23)10-13(20)11-4-5-14-12(9-11)6-8-24-14/h4-5,9H,2-3,6-8,10H2,1H3. The van der Waals surface area contributed by atoms with E-state index in [1.165, 1.54) is 0 Å². The Balaban J connectivity index is 1.73. The SMILES string of the molecule is CCCCN1C(=O)C(=O)N(CC(=O)c2ccc3c(c2)CCO3)C1=O. The van der Waals surface area contributed by atoms with Crippen molar-refractivity contribution in [3.8, 4) is 5.75 Å². The fraction of sp³-hybridized carbons (Fsp3) is 0.412. The van der Waals surface area contributed by atoms with Gasteiger partial charge in [-0.3, -0.25) is 19.3 Å². The first-order valence-corrected chi connectivity index (χ1v) is 7.99. The lowest BCUT2D eigenvalue weighted by Gasteiger charge is -2.14. The topological polar surface area (TPSA) is 84.0 Å². The number of ether oxygens (including phenoxy) is 1. The van der Waals surface area contributed by atoms with Gasteiger partial charge >= 0.3 is 17.8 Å². The van der Waals surface area contributed by atoms with Crippen LogP contribution in [-0.4, -0.2) is 53.1 Å². The molecule has 24 heavy (non-hydrogen) atoms. The van der Waals surface area contributed by atoms with Crippen LogP contribution in [0.5, 0.6) is 5.75 Å². The molecule has 0 radical (unpaired) electrons. The number of amides is 4. The molecule has 0 saturated carbocycles. The van der Waals surface area contributed by atoms with E-state index in [1.54, 1.807) is 18.2 Å². The second-order valence-electron chi connectivity index (χ2n) is 5.83. The highest BCUT2D eigenvalue weighted by molar-refractivity contribution is 6.45. The summed E-state index contributed by atoms with van der Waals surface area (Å²) in [5.41, 5.74) is 1.33. The minimum atomic E-state index is -0.936. The number of Topliss-reactive ketones (excluding diaryl/α,β-unsaturated/α-hetero) is 1. The molecule has 4 amide bonds. The van der Waals surface area contributed by atoms with E-state index in [4.69, 9.17) is 4.74 Å². The van der Waals surface area contributed by atoms with Gasteiger partial charge in [-0.25, -0.2) is 9.69 Å². The zero-order valence-electron chi connectivity index (χ0n) is 13.4. The van der Waals surface area contributed by atoms with Crippen molar-refractivity contribution in [1.82, 2.24) is 9.80 Å². The maximum absolute atomic E-state index is 12.4. The van der Waals surface area contributed by atoms with Crippen molar-refractivity contribution < 1.29 is 23.9 Å². The van der Waals surface area contributed by atoms with E-state index in [0.717, 1.165) is 34.0 Å². The second kappa shape index (κ2) is 6.43. The van der Waals surface area contributed by atoms with Gasteiger partial charge in [-0.1, -0.05) is 13.3 Å². The van der Waals surface area contributed by atoms with Gasteiger partial charge in [-0.05, 0) is 30.2 Å². The van der Waals surface area contributed by atoms with Crippen LogP contribution < -0.4 is 4.74 Å². The van der Waals surface area contributed by atoms with E-state index in [2.05, 4.69) is 0 Å². The van der Waals surface area contributed by atoms with Crippen LogP contribution in [0.4, 0.5) is 4.79 Å². The highest BCUT2D eigenvalue weighted by Crippen LogP contribution is 2.26. The number of imide groups is 2. The van der Waals surface area contributed by atoms with Crippen molar-refractivity contribution in [2.75, 3.05) is 19.7 Å². The van der Waals surface area contributed by atoms with Crippen molar-refractivity contribution in [1.29, 1.82) is 0 Å². The predicted octanol–water partition coefficient (Wildman–Crippen LogP) is 1.40. The third kappa shape index (κ3) is 2.77. The van der Waals surface area contributed by atoms with E-state index in [0.29, 0.717) is 18.6 Å². The van der Waals surface area contributed by atoms with Gasteiger partial charge in [0.05, 0.1) is 13.2 Å². The summed E-state index contributed by atoms with van der Waals surface area (Å²) in [4.78, 5) is 50.1. The smallest absolute Gasteiger partial charge is 0.334 e. The monoisotopic (exact) mass is 330 g/mol. The van der Waals surface area contributed by atoms with Gasteiger partial charge in [-0.2, -0.15) is 0 Å².